The number of aromatic carboxylic acids is 1. The highest BCUT2D eigenvalue weighted by molar-refractivity contribution is 6.02. The van der Waals surface area contributed by atoms with Crippen molar-refractivity contribution in [3.63, 3.8) is 0 Å². The fourth-order valence-electron chi connectivity index (χ4n) is 1.38. The number of rotatable bonds is 1. The molecule has 0 fully saturated rings. The molecule has 2 rings (SSSR count). The molecule has 1 aromatic heterocycles. The first-order valence-electron chi connectivity index (χ1n) is 3.94. The summed E-state index contributed by atoms with van der Waals surface area (Å²) in [6.07, 6.45) is 1.55. The molecule has 0 saturated heterocycles. The smallest absolute Gasteiger partial charge is 0.336 e. The van der Waals surface area contributed by atoms with Gasteiger partial charge >= 0.3 is 5.97 Å². The highest BCUT2D eigenvalue weighted by Crippen LogP contribution is 2.19. The molecule has 0 aliphatic carbocycles. The van der Waals surface area contributed by atoms with E-state index < -0.39 is 11.8 Å². The largest absolute Gasteiger partial charge is 0.478 e. The first-order valence-corrected chi connectivity index (χ1v) is 3.94. The van der Waals surface area contributed by atoms with Gasteiger partial charge in [0.05, 0.1) is 11.1 Å². The van der Waals surface area contributed by atoms with E-state index in [1.54, 1.807) is 13.2 Å². The van der Waals surface area contributed by atoms with E-state index in [4.69, 9.17) is 5.11 Å². The van der Waals surface area contributed by atoms with Crippen LogP contribution in [0.1, 0.15) is 10.4 Å². The number of halogens is 1. The zero-order chi connectivity index (χ0) is 10.3. The Kier molecular flexibility index (Phi) is 1.73. The van der Waals surface area contributed by atoms with Crippen molar-refractivity contribution in [2.75, 3.05) is 0 Å². The molecule has 5 heteroatoms. The van der Waals surface area contributed by atoms with Crippen LogP contribution >= 0.6 is 0 Å². The maximum Gasteiger partial charge on any atom is 0.336 e. The van der Waals surface area contributed by atoms with E-state index in [1.165, 1.54) is 10.7 Å². The summed E-state index contributed by atoms with van der Waals surface area (Å²) in [6, 6.07) is 2.20. The Labute approximate surface area is 78.6 Å². The fraction of sp³-hybridized carbons (Fsp3) is 0.111. The first kappa shape index (κ1) is 8.68. The molecule has 2 aromatic rings. The number of aromatic nitrogens is 2. The SMILES string of the molecule is Cn1cc2c(C(=O)O)cc(F)cc2n1. The second-order valence-corrected chi connectivity index (χ2v) is 2.99. The van der Waals surface area contributed by atoms with Crippen LogP contribution < -0.4 is 0 Å². The van der Waals surface area contributed by atoms with Gasteiger partial charge in [0.2, 0.25) is 0 Å². The second kappa shape index (κ2) is 2.80. The number of carbonyl (C=O) groups is 1. The number of nitrogens with zero attached hydrogens (tertiary/aromatic N) is 2. The Hall–Kier alpha value is -1.91. The summed E-state index contributed by atoms with van der Waals surface area (Å²) in [5.41, 5.74) is 0.290. The maximum atomic E-state index is 13.0. The Balaban J connectivity index is 2.85. The molecule has 0 bridgehead atoms. The van der Waals surface area contributed by atoms with Crippen LogP contribution in [0.5, 0.6) is 0 Å². The summed E-state index contributed by atoms with van der Waals surface area (Å²) in [5, 5.41) is 13.2. The molecule has 1 heterocycles. The molecule has 0 atom stereocenters. The Morgan fingerprint density at radius 3 is 2.93 bits per heavy atom. The lowest BCUT2D eigenvalue weighted by Crippen LogP contribution is -1.97. The van der Waals surface area contributed by atoms with E-state index in [0.717, 1.165) is 6.07 Å². The second-order valence-electron chi connectivity index (χ2n) is 2.99. The predicted molar refractivity (Wildman–Crippen MR) is 47.6 cm³/mol. The van der Waals surface area contributed by atoms with Crippen LogP contribution in [0.2, 0.25) is 0 Å². The van der Waals surface area contributed by atoms with Gasteiger partial charge in [0.1, 0.15) is 5.82 Å². The molecule has 0 aliphatic rings. The average molecular weight is 194 g/mol. The minimum absolute atomic E-state index is 0.0619. The van der Waals surface area contributed by atoms with Crippen molar-refractivity contribution in [2.24, 2.45) is 7.05 Å². The zero-order valence-corrected chi connectivity index (χ0v) is 7.36. The van der Waals surface area contributed by atoms with Crippen LogP contribution in [-0.2, 0) is 7.05 Å². The van der Waals surface area contributed by atoms with Crippen LogP contribution in [-0.4, -0.2) is 20.9 Å². The van der Waals surface area contributed by atoms with Crippen LogP contribution in [0.4, 0.5) is 4.39 Å². The van der Waals surface area contributed by atoms with E-state index in [1.807, 2.05) is 0 Å². The van der Waals surface area contributed by atoms with Gasteiger partial charge in [0.25, 0.3) is 0 Å². The first-order chi connectivity index (χ1) is 6.58. The van der Waals surface area contributed by atoms with Gasteiger partial charge in [-0.2, -0.15) is 5.10 Å². The van der Waals surface area contributed by atoms with E-state index in [0.29, 0.717) is 10.9 Å². The lowest BCUT2D eigenvalue weighted by atomic mass is 10.1. The summed E-state index contributed by atoms with van der Waals surface area (Å²) >= 11 is 0. The molecular weight excluding hydrogens is 187 g/mol. The molecule has 0 spiro atoms. The summed E-state index contributed by atoms with van der Waals surface area (Å²) in [7, 11) is 1.66. The molecule has 1 aromatic carbocycles. The van der Waals surface area contributed by atoms with Crippen molar-refractivity contribution < 1.29 is 14.3 Å². The Bertz CT molecular complexity index is 519. The highest BCUT2D eigenvalue weighted by Gasteiger charge is 2.12. The van der Waals surface area contributed by atoms with Crippen LogP contribution in [0.15, 0.2) is 18.3 Å². The van der Waals surface area contributed by atoms with Crippen LogP contribution in [0.3, 0.4) is 0 Å². The third kappa shape index (κ3) is 1.22. The molecule has 14 heavy (non-hydrogen) atoms. The van der Waals surface area contributed by atoms with Crippen LogP contribution in [0.25, 0.3) is 10.9 Å². The van der Waals surface area contributed by atoms with Gasteiger partial charge in [-0.25, -0.2) is 9.18 Å². The molecule has 1 N–H and O–H groups in total. The lowest BCUT2D eigenvalue weighted by Gasteiger charge is -1.95. The van der Waals surface area contributed by atoms with Crippen molar-refractivity contribution in [1.29, 1.82) is 0 Å². The van der Waals surface area contributed by atoms with Crippen molar-refractivity contribution >= 4 is 16.9 Å². The quantitative estimate of drug-likeness (QED) is 0.746. The number of carboxylic acids is 1. The summed E-state index contributed by atoms with van der Waals surface area (Å²) in [6.45, 7) is 0. The van der Waals surface area contributed by atoms with Gasteiger partial charge in [-0.05, 0) is 6.07 Å². The minimum Gasteiger partial charge on any atom is -0.478 e. The van der Waals surface area contributed by atoms with Gasteiger partial charge in [0, 0.05) is 24.7 Å². The van der Waals surface area contributed by atoms with Crippen molar-refractivity contribution in [1.82, 2.24) is 9.78 Å². The van der Waals surface area contributed by atoms with E-state index in [2.05, 4.69) is 5.10 Å². The molecular formula is C9H7FN2O2. The van der Waals surface area contributed by atoms with Crippen molar-refractivity contribution in [2.45, 2.75) is 0 Å². The highest BCUT2D eigenvalue weighted by atomic mass is 19.1. The van der Waals surface area contributed by atoms with Gasteiger partial charge in [-0.1, -0.05) is 0 Å². The third-order valence-corrected chi connectivity index (χ3v) is 1.93. The van der Waals surface area contributed by atoms with E-state index in [-0.39, 0.29) is 5.56 Å². The average Bonchev–Trinajstić information content (AvgIpc) is 2.42. The molecule has 0 saturated carbocycles. The van der Waals surface area contributed by atoms with Gasteiger partial charge in [0.15, 0.2) is 0 Å². The van der Waals surface area contributed by atoms with Gasteiger partial charge in [-0.3, -0.25) is 4.68 Å². The van der Waals surface area contributed by atoms with Crippen molar-refractivity contribution in [3.05, 3.63) is 29.7 Å². The van der Waals surface area contributed by atoms with Crippen molar-refractivity contribution in [3.8, 4) is 0 Å². The van der Waals surface area contributed by atoms with Gasteiger partial charge < -0.3 is 5.11 Å². The fourth-order valence-corrected chi connectivity index (χ4v) is 1.38. The molecule has 0 aliphatic heterocycles. The lowest BCUT2D eigenvalue weighted by molar-refractivity contribution is 0.0698. The number of benzene rings is 1. The molecule has 0 radical (unpaired) electrons. The minimum atomic E-state index is -1.15. The predicted octanol–water partition coefficient (Wildman–Crippen LogP) is 1.41. The van der Waals surface area contributed by atoms with E-state index in [9.17, 15) is 9.18 Å². The molecule has 0 amide bonds. The number of fused-ring (bicyclic) bond motifs is 1. The maximum absolute atomic E-state index is 13.0. The number of aryl methyl sites for hydroxylation is 1. The third-order valence-electron chi connectivity index (χ3n) is 1.93. The topological polar surface area (TPSA) is 55.1 Å². The van der Waals surface area contributed by atoms with Crippen LogP contribution in [0, 0.1) is 5.82 Å². The summed E-state index contributed by atoms with van der Waals surface area (Å²) < 4.78 is 14.4. The summed E-state index contributed by atoms with van der Waals surface area (Å²) in [5.74, 6) is -1.74. The number of carboxylic acid groups (broad SMARTS) is 1. The molecule has 4 nitrogen and oxygen atoms in total. The summed E-state index contributed by atoms with van der Waals surface area (Å²) in [4.78, 5) is 10.8. The molecule has 0 unspecified atom stereocenters. The van der Waals surface area contributed by atoms with Gasteiger partial charge in [-0.15, -0.1) is 0 Å². The number of hydrogen-bond acceptors (Lipinski definition) is 2. The van der Waals surface area contributed by atoms with E-state index >= 15 is 0 Å². The molecule has 72 valence electrons. The normalized spacial score (nSPS) is 10.7. The monoisotopic (exact) mass is 194 g/mol. The standard InChI is InChI=1S/C9H7FN2O2/c1-12-4-7-6(9(13)14)2-5(10)3-8(7)11-12/h2-4H,1H3,(H,13,14). The number of hydrogen-bond donors (Lipinski definition) is 1. The zero-order valence-electron chi connectivity index (χ0n) is 7.36. The Morgan fingerprint density at radius 1 is 1.57 bits per heavy atom. The Morgan fingerprint density at radius 2 is 2.29 bits per heavy atom.